The molecule has 0 saturated carbocycles. The molecule has 0 atom stereocenters. The summed E-state index contributed by atoms with van der Waals surface area (Å²) < 4.78 is 0. The minimum Gasteiger partial charge on any atom is -0.478 e. The highest BCUT2D eigenvalue weighted by Gasteiger charge is 2.17. The Morgan fingerprint density at radius 1 is 1.50 bits per heavy atom. The molecule has 0 fully saturated rings. The van der Waals surface area contributed by atoms with Crippen LogP contribution in [0, 0.1) is 6.92 Å². The molecule has 8 heteroatoms. The molecule has 0 saturated heterocycles. The first-order valence-electron chi connectivity index (χ1n) is 5.91. The molecule has 0 amide bonds. The van der Waals surface area contributed by atoms with Gasteiger partial charge in [-0.15, -0.1) is 11.3 Å². The fraction of sp³-hybridized carbons (Fsp3) is 0.333. The number of aromatic nitrogens is 3. The average molecular weight is 311 g/mol. The summed E-state index contributed by atoms with van der Waals surface area (Å²) in [5, 5.41) is 12.4. The van der Waals surface area contributed by atoms with Gasteiger partial charge >= 0.3 is 11.7 Å². The van der Waals surface area contributed by atoms with Crippen molar-refractivity contribution in [3.05, 3.63) is 37.8 Å². The van der Waals surface area contributed by atoms with Crippen molar-refractivity contribution in [3.63, 3.8) is 0 Å². The number of carboxylic acids is 1. The Hall–Kier alpha value is -1.67. The molecule has 0 aromatic carbocycles. The number of thiazole rings is 1. The van der Waals surface area contributed by atoms with Crippen molar-refractivity contribution in [3.8, 4) is 0 Å². The lowest BCUT2D eigenvalue weighted by atomic mass is 10.2. The molecule has 2 N–H and O–H groups in total. The van der Waals surface area contributed by atoms with Crippen LogP contribution in [0.3, 0.4) is 0 Å². The van der Waals surface area contributed by atoms with Crippen LogP contribution in [0.1, 0.15) is 33.7 Å². The number of nitrogens with zero attached hydrogens (tertiary/aromatic N) is 2. The van der Waals surface area contributed by atoms with Gasteiger partial charge < -0.3 is 10.1 Å². The number of aryl methyl sites for hydroxylation is 2. The molecule has 6 nitrogen and oxygen atoms in total. The highest BCUT2D eigenvalue weighted by molar-refractivity contribution is 7.98. The Labute approximate surface area is 123 Å². The van der Waals surface area contributed by atoms with Crippen molar-refractivity contribution in [2.24, 2.45) is 0 Å². The van der Waals surface area contributed by atoms with E-state index in [1.165, 1.54) is 11.8 Å². The van der Waals surface area contributed by atoms with E-state index in [4.69, 9.17) is 0 Å². The van der Waals surface area contributed by atoms with Gasteiger partial charge in [-0.05, 0) is 13.3 Å². The van der Waals surface area contributed by atoms with E-state index in [2.05, 4.69) is 15.0 Å². The number of carbonyl (C=O) groups is 1. The van der Waals surface area contributed by atoms with E-state index in [9.17, 15) is 14.7 Å². The molecule has 0 radical (unpaired) electrons. The summed E-state index contributed by atoms with van der Waals surface area (Å²) in [4.78, 5) is 33.1. The standard InChI is InChI=1S/C12H13N3O3S2/c1-3-8-14-7(4-19-8)5-20-10-9(11(16)17)6(2)13-12(18)15-10/h4H,3,5H2,1-2H3,(H,16,17)(H,13,15,18). The van der Waals surface area contributed by atoms with E-state index in [0.29, 0.717) is 11.4 Å². The lowest BCUT2D eigenvalue weighted by molar-refractivity contribution is 0.0690. The second-order valence-electron chi connectivity index (χ2n) is 4.03. The summed E-state index contributed by atoms with van der Waals surface area (Å²) in [5.41, 5.74) is 0.684. The molecule has 2 heterocycles. The summed E-state index contributed by atoms with van der Waals surface area (Å²) in [6, 6.07) is 0. The summed E-state index contributed by atoms with van der Waals surface area (Å²) >= 11 is 2.79. The maximum atomic E-state index is 11.4. The highest BCUT2D eigenvalue weighted by Crippen LogP contribution is 2.25. The van der Waals surface area contributed by atoms with Gasteiger partial charge in [0.25, 0.3) is 0 Å². The predicted octanol–water partition coefficient (Wildman–Crippen LogP) is 2.09. The van der Waals surface area contributed by atoms with Gasteiger partial charge in [-0.2, -0.15) is 4.98 Å². The molecule has 20 heavy (non-hydrogen) atoms. The molecule has 106 valence electrons. The zero-order chi connectivity index (χ0) is 14.7. The first-order chi connectivity index (χ1) is 9.51. The molecule has 0 aliphatic carbocycles. The maximum absolute atomic E-state index is 11.4. The van der Waals surface area contributed by atoms with Gasteiger partial charge in [0.1, 0.15) is 10.6 Å². The van der Waals surface area contributed by atoms with Crippen molar-refractivity contribution in [2.45, 2.75) is 31.0 Å². The molecule has 2 aromatic heterocycles. The van der Waals surface area contributed by atoms with Crippen LogP contribution in [0.5, 0.6) is 0 Å². The topological polar surface area (TPSA) is 95.9 Å². The second-order valence-corrected chi connectivity index (χ2v) is 5.93. The van der Waals surface area contributed by atoms with Gasteiger partial charge in [0, 0.05) is 16.8 Å². The SMILES string of the molecule is CCc1nc(CSc2nc(=O)[nH]c(C)c2C(=O)O)cs1. The largest absolute Gasteiger partial charge is 0.478 e. The number of aromatic amines is 1. The third-order valence-electron chi connectivity index (χ3n) is 2.56. The second kappa shape index (κ2) is 6.19. The molecule has 0 aliphatic heterocycles. The summed E-state index contributed by atoms with van der Waals surface area (Å²) in [6.07, 6.45) is 0.873. The van der Waals surface area contributed by atoms with E-state index in [-0.39, 0.29) is 10.6 Å². The lowest BCUT2D eigenvalue weighted by Crippen LogP contribution is -2.18. The molecule has 0 unspecified atom stereocenters. The lowest BCUT2D eigenvalue weighted by Gasteiger charge is -2.05. The summed E-state index contributed by atoms with van der Waals surface area (Å²) in [6.45, 7) is 3.58. The van der Waals surface area contributed by atoms with E-state index >= 15 is 0 Å². The van der Waals surface area contributed by atoms with Gasteiger partial charge in [-0.3, -0.25) is 0 Å². The predicted molar refractivity (Wildman–Crippen MR) is 77.6 cm³/mol. The number of thioether (sulfide) groups is 1. The molecular formula is C12H13N3O3S2. The minimum absolute atomic E-state index is 0.0422. The Bertz CT molecular complexity index is 693. The quantitative estimate of drug-likeness (QED) is 0.648. The first-order valence-corrected chi connectivity index (χ1v) is 7.78. The smallest absolute Gasteiger partial charge is 0.346 e. The fourth-order valence-electron chi connectivity index (χ4n) is 1.64. The Morgan fingerprint density at radius 2 is 2.25 bits per heavy atom. The van der Waals surface area contributed by atoms with Crippen LogP contribution < -0.4 is 5.69 Å². The highest BCUT2D eigenvalue weighted by atomic mass is 32.2. The number of hydrogen-bond donors (Lipinski definition) is 2. The number of aromatic carboxylic acids is 1. The van der Waals surface area contributed by atoms with Crippen LogP contribution in [-0.2, 0) is 12.2 Å². The van der Waals surface area contributed by atoms with Crippen molar-refractivity contribution in [1.29, 1.82) is 0 Å². The van der Waals surface area contributed by atoms with Gasteiger partial charge in [-0.25, -0.2) is 14.6 Å². The van der Waals surface area contributed by atoms with Crippen LogP contribution in [0.4, 0.5) is 0 Å². The van der Waals surface area contributed by atoms with Gasteiger partial charge in [0.2, 0.25) is 0 Å². The maximum Gasteiger partial charge on any atom is 0.346 e. The van der Waals surface area contributed by atoms with Crippen LogP contribution >= 0.6 is 23.1 Å². The molecular weight excluding hydrogens is 298 g/mol. The number of nitrogens with one attached hydrogen (secondary N) is 1. The van der Waals surface area contributed by atoms with Crippen LogP contribution in [0.15, 0.2) is 15.2 Å². The zero-order valence-electron chi connectivity index (χ0n) is 11.0. The Morgan fingerprint density at radius 3 is 2.85 bits per heavy atom. The van der Waals surface area contributed by atoms with Crippen molar-refractivity contribution in [2.75, 3.05) is 0 Å². The van der Waals surface area contributed by atoms with Crippen molar-refractivity contribution in [1.82, 2.24) is 15.0 Å². The summed E-state index contributed by atoms with van der Waals surface area (Å²) in [5.74, 6) is -0.603. The number of hydrogen-bond acceptors (Lipinski definition) is 6. The minimum atomic E-state index is -1.10. The molecule has 0 aliphatic rings. The third kappa shape index (κ3) is 3.26. The van der Waals surface area contributed by atoms with E-state index in [0.717, 1.165) is 17.1 Å². The van der Waals surface area contributed by atoms with E-state index < -0.39 is 11.7 Å². The number of H-pyrrole nitrogens is 1. The molecule has 0 spiro atoms. The molecule has 2 aromatic rings. The van der Waals surface area contributed by atoms with Gasteiger partial charge in [-0.1, -0.05) is 18.7 Å². The van der Waals surface area contributed by atoms with Crippen LogP contribution in [-0.4, -0.2) is 26.0 Å². The third-order valence-corrected chi connectivity index (χ3v) is 4.61. The van der Waals surface area contributed by atoms with Crippen LogP contribution in [0.25, 0.3) is 0 Å². The van der Waals surface area contributed by atoms with E-state index in [1.807, 2.05) is 12.3 Å². The number of carboxylic acid groups (broad SMARTS) is 1. The Kier molecular flexibility index (Phi) is 4.56. The van der Waals surface area contributed by atoms with Crippen LogP contribution in [0.2, 0.25) is 0 Å². The zero-order valence-corrected chi connectivity index (χ0v) is 12.6. The van der Waals surface area contributed by atoms with E-state index in [1.54, 1.807) is 18.3 Å². The van der Waals surface area contributed by atoms with Crippen molar-refractivity contribution < 1.29 is 9.90 Å². The normalized spacial score (nSPS) is 10.7. The molecule has 0 bridgehead atoms. The first kappa shape index (κ1) is 14.7. The van der Waals surface area contributed by atoms with Gasteiger partial charge in [0.05, 0.1) is 10.7 Å². The Balaban J connectivity index is 2.24. The fourth-order valence-corrected chi connectivity index (χ4v) is 3.45. The average Bonchev–Trinajstić information content (AvgIpc) is 2.82. The number of rotatable bonds is 5. The van der Waals surface area contributed by atoms with Gasteiger partial charge in [0.15, 0.2) is 0 Å². The molecule has 2 rings (SSSR count). The summed E-state index contributed by atoms with van der Waals surface area (Å²) in [7, 11) is 0. The monoisotopic (exact) mass is 311 g/mol. The van der Waals surface area contributed by atoms with Crippen molar-refractivity contribution >= 4 is 29.1 Å².